The summed E-state index contributed by atoms with van der Waals surface area (Å²) in [5.74, 6) is 1.57. The van der Waals surface area contributed by atoms with E-state index in [1.807, 2.05) is 25.1 Å². The van der Waals surface area contributed by atoms with Gasteiger partial charge in [0.2, 0.25) is 10.0 Å². The van der Waals surface area contributed by atoms with Crippen molar-refractivity contribution >= 4 is 27.4 Å². The third-order valence-corrected chi connectivity index (χ3v) is 8.21. The number of anilines is 2. The van der Waals surface area contributed by atoms with E-state index in [0.717, 1.165) is 35.7 Å². The number of pyridine rings is 1. The van der Waals surface area contributed by atoms with E-state index >= 15 is 0 Å². The average Bonchev–Trinajstić information content (AvgIpc) is 3.40. The van der Waals surface area contributed by atoms with Gasteiger partial charge in [-0.1, -0.05) is 25.0 Å². The van der Waals surface area contributed by atoms with Crippen molar-refractivity contribution in [3.63, 3.8) is 0 Å². The van der Waals surface area contributed by atoms with Gasteiger partial charge in [0, 0.05) is 19.3 Å². The van der Waals surface area contributed by atoms with Crippen LogP contribution in [0.1, 0.15) is 37.7 Å². The highest BCUT2D eigenvalue weighted by molar-refractivity contribution is 7.89. The molecule has 1 atom stereocenters. The molecule has 0 bridgehead atoms. The second-order valence-electron chi connectivity index (χ2n) is 8.55. The molecule has 2 fully saturated rings. The van der Waals surface area contributed by atoms with E-state index in [1.165, 1.54) is 12.8 Å². The van der Waals surface area contributed by atoms with Crippen molar-refractivity contribution in [2.24, 2.45) is 4.99 Å². The van der Waals surface area contributed by atoms with Crippen LogP contribution in [0.4, 0.5) is 11.5 Å². The highest BCUT2D eigenvalue weighted by Crippen LogP contribution is 2.38. The number of nitrogens with zero attached hydrogens (tertiary/aromatic N) is 3. The van der Waals surface area contributed by atoms with Crippen LogP contribution >= 0.6 is 0 Å². The van der Waals surface area contributed by atoms with Gasteiger partial charge in [-0.3, -0.25) is 4.99 Å². The zero-order valence-electron chi connectivity index (χ0n) is 17.1. The van der Waals surface area contributed by atoms with E-state index in [4.69, 9.17) is 4.99 Å². The number of fused-ring (bicyclic) bond motifs is 1. The van der Waals surface area contributed by atoms with Gasteiger partial charge >= 0.3 is 0 Å². The van der Waals surface area contributed by atoms with Crippen LogP contribution in [0, 0.1) is 6.92 Å². The quantitative estimate of drug-likeness (QED) is 0.787. The van der Waals surface area contributed by atoms with Crippen molar-refractivity contribution in [1.29, 1.82) is 0 Å². The van der Waals surface area contributed by atoms with Crippen LogP contribution in [0.3, 0.4) is 0 Å². The van der Waals surface area contributed by atoms with Gasteiger partial charge in [-0.2, -0.15) is 4.31 Å². The van der Waals surface area contributed by atoms with E-state index in [-0.39, 0.29) is 0 Å². The Kier molecular flexibility index (Phi) is 4.78. The Balaban J connectivity index is 1.50. The molecule has 1 unspecified atom stereocenters. The molecule has 1 saturated carbocycles. The summed E-state index contributed by atoms with van der Waals surface area (Å²) >= 11 is 0. The zero-order chi connectivity index (χ0) is 20.8. The van der Waals surface area contributed by atoms with Crippen molar-refractivity contribution < 1.29 is 8.42 Å². The Bertz CT molecular complexity index is 1090. The molecule has 1 spiro atoms. The molecule has 1 aromatic carbocycles. The molecule has 3 aliphatic rings. The molecule has 2 aromatic rings. The highest BCUT2D eigenvalue weighted by Gasteiger charge is 2.49. The second kappa shape index (κ2) is 7.35. The maximum Gasteiger partial charge on any atom is 0.243 e. The summed E-state index contributed by atoms with van der Waals surface area (Å²) < 4.78 is 28.3. The topological polar surface area (TPSA) is 86.7 Å². The van der Waals surface area contributed by atoms with E-state index in [9.17, 15) is 8.42 Å². The number of hydrogen-bond acceptors (Lipinski definition) is 5. The van der Waals surface area contributed by atoms with Gasteiger partial charge in [0.25, 0.3) is 0 Å². The first-order valence-electron chi connectivity index (χ1n) is 10.6. The Morgan fingerprint density at radius 2 is 2.03 bits per heavy atom. The molecule has 5 rings (SSSR count). The summed E-state index contributed by atoms with van der Waals surface area (Å²) in [6, 6.07) is 11.3. The van der Waals surface area contributed by atoms with E-state index in [2.05, 4.69) is 15.6 Å². The van der Waals surface area contributed by atoms with Gasteiger partial charge in [-0.05, 0) is 56.0 Å². The Morgan fingerprint density at radius 1 is 1.20 bits per heavy atom. The number of aryl methyl sites for hydroxylation is 1. The number of rotatable bonds is 3. The van der Waals surface area contributed by atoms with Gasteiger partial charge < -0.3 is 10.6 Å². The summed E-state index contributed by atoms with van der Waals surface area (Å²) in [5, 5.41) is 7.03. The molecule has 2 N–H and O–H groups in total. The van der Waals surface area contributed by atoms with Crippen LogP contribution in [0.5, 0.6) is 0 Å². The fourth-order valence-electron chi connectivity index (χ4n) is 4.73. The summed E-state index contributed by atoms with van der Waals surface area (Å²) in [6.07, 6.45) is 6.98. The molecule has 7 nitrogen and oxygen atoms in total. The number of aromatic nitrogens is 1. The largest absolute Gasteiger partial charge is 0.369 e. The molecular weight excluding hydrogens is 398 g/mol. The number of aliphatic imine (C=N–C) groups is 1. The third-order valence-electron chi connectivity index (χ3n) is 6.37. The number of nitrogens with one attached hydrogen (secondary N) is 2. The predicted octanol–water partition coefficient (Wildman–Crippen LogP) is 3.40. The zero-order valence-corrected chi connectivity index (χ0v) is 18.0. The maximum absolute atomic E-state index is 13.3. The lowest BCUT2D eigenvalue weighted by Gasteiger charge is -2.38. The molecule has 30 heavy (non-hydrogen) atoms. The lowest BCUT2D eigenvalue weighted by atomic mass is 9.93. The average molecular weight is 426 g/mol. The summed E-state index contributed by atoms with van der Waals surface area (Å²) in [4.78, 5) is 9.84. The van der Waals surface area contributed by atoms with Crippen LogP contribution in [-0.4, -0.2) is 48.2 Å². The first-order valence-corrected chi connectivity index (χ1v) is 12.1. The SMILES string of the molecule is Cc1cccc(S(=O)(=O)N2CCC3(C2)Nc2cccnc2NC3=NC2CCCC2)c1. The Hall–Kier alpha value is -2.45. The molecule has 1 aromatic heterocycles. The molecule has 2 aliphatic heterocycles. The monoisotopic (exact) mass is 425 g/mol. The molecule has 1 aliphatic carbocycles. The van der Waals surface area contributed by atoms with Crippen molar-refractivity contribution in [3.8, 4) is 0 Å². The molecule has 0 amide bonds. The fraction of sp³-hybridized carbons (Fsp3) is 0.455. The first kappa shape index (κ1) is 19.5. The first-order chi connectivity index (χ1) is 14.5. The minimum absolute atomic E-state index is 0.291. The Morgan fingerprint density at radius 3 is 2.83 bits per heavy atom. The van der Waals surface area contributed by atoms with Crippen molar-refractivity contribution in [3.05, 3.63) is 48.2 Å². The van der Waals surface area contributed by atoms with Crippen LogP contribution in [0.2, 0.25) is 0 Å². The van der Waals surface area contributed by atoms with Gasteiger partial charge in [0.05, 0.1) is 16.6 Å². The van der Waals surface area contributed by atoms with Gasteiger partial charge in [0.15, 0.2) is 5.82 Å². The standard InChI is InChI=1S/C22H27N5O2S/c1-16-6-4-9-18(14-16)30(28,29)27-13-11-22(15-27)21(24-17-7-2-3-8-17)25-20-19(26-22)10-5-12-23-20/h4-6,9-10,12,14,17,26H,2-3,7-8,11,13,15H2,1H3,(H,23,24,25). The summed E-state index contributed by atoms with van der Waals surface area (Å²) in [7, 11) is -3.57. The minimum Gasteiger partial charge on any atom is -0.369 e. The molecule has 0 radical (unpaired) electrons. The predicted molar refractivity (Wildman–Crippen MR) is 118 cm³/mol. The Labute approximate surface area is 177 Å². The van der Waals surface area contributed by atoms with E-state index in [0.29, 0.717) is 30.4 Å². The lowest BCUT2D eigenvalue weighted by Crippen LogP contribution is -2.55. The normalized spacial score (nSPS) is 26.0. The number of amidine groups is 1. The van der Waals surface area contributed by atoms with Gasteiger partial charge in [-0.25, -0.2) is 13.4 Å². The fourth-order valence-corrected chi connectivity index (χ4v) is 6.33. The van der Waals surface area contributed by atoms with Crippen LogP contribution in [0.15, 0.2) is 52.5 Å². The van der Waals surface area contributed by atoms with Crippen molar-refractivity contribution in [2.75, 3.05) is 23.7 Å². The van der Waals surface area contributed by atoms with Crippen LogP contribution in [0.25, 0.3) is 0 Å². The molecule has 3 heterocycles. The summed E-state index contributed by atoms with van der Waals surface area (Å²) in [6.45, 7) is 2.70. The van der Waals surface area contributed by atoms with Crippen LogP contribution < -0.4 is 10.6 Å². The lowest BCUT2D eigenvalue weighted by molar-refractivity contribution is 0.467. The van der Waals surface area contributed by atoms with Gasteiger partial charge in [-0.15, -0.1) is 0 Å². The van der Waals surface area contributed by atoms with E-state index in [1.54, 1.807) is 28.7 Å². The molecule has 158 valence electrons. The highest BCUT2D eigenvalue weighted by atomic mass is 32.2. The van der Waals surface area contributed by atoms with Crippen molar-refractivity contribution in [2.45, 2.75) is 55.5 Å². The van der Waals surface area contributed by atoms with Gasteiger partial charge in [0.1, 0.15) is 11.4 Å². The number of sulfonamides is 1. The number of hydrogen-bond donors (Lipinski definition) is 2. The maximum atomic E-state index is 13.3. The third kappa shape index (κ3) is 3.37. The van der Waals surface area contributed by atoms with E-state index < -0.39 is 15.6 Å². The second-order valence-corrected chi connectivity index (χ2v) is 10.5. The smallest absolute Gasteiger partial charge is 0.243 e. The summed E-state index contributed by atoms with van der Waals surface area (Å²) in [5.41, 5.74) is 1.26. The minimum atomic E-state index is -3.57. The molecular formula is C22H27N5O2S. The molecule has 8 heteroatoms. The van der Waals surface area contributed by atoms with Crippen LogP contribution in [-0.2, 0) is 10.0 Å². The van der Waals surface area contributed by atoms with Crippen molar-refractivity contribution in [1.82, 2.24) is 9.29 Å². The molecule has 1 saturated heterocycles. The number of benzene rings is 1.